The van der Waals surface area contributed by atoms with Gasteiger partial charge in [0.15, 0.2) is 5.65 Å². The van der Waals surface area contributed by atoms with Crippen molar-refractivity contribution >= 4 is 16.9 Å². The smallest absolute Gasteiger partial charge is 0.160 e. The highest BCUT2D eigenvalue weighted by Crippen LogP contribution is 2.19. The van der Waals surface area contributed by atoms with Gasteiger partial charge in [0.1, 0.15) is 12.1 Å². The van der Waals surface area contributed by atoms with E-state index in [4.69, 9.17) is 0 Å². The normalized spacial score (nSPS) is 12.5. The molecule has 0 spiro atoms. The minimum Gasteiger partial charge on any atom is -0.387 e. The average molecular weight is 283 g/mol. The Bertz CT molecular complexity index is 722. The number of nitrogens with one attached hydrogen (secondary N) is 2. The van der Waals surface area contributed by atoms with E-state index in [1.807, 2.05) is 24.3 Å². The van der Waals surface area contributed by atoms with Crippen LogP contribution in [0.4, 0.5) is 5.82 Å². The molecule has 0 aliphatic rings. The van der Waals surface area contributed by atoms with Crippen LogP contribution < -0.4 is 5.32 Å². The lowest BCUT2D eigenvalue weighted by Crippen LogP contribution is -2.13. The van der Waals surface area contributed by atoms with E-state index in [1.54, 1.807) is 6.20 Å². The van der Waals surface area contributed by atoms with Gasteiger partial charge in [-0.25, -0.2) is 9.97 Å². The number of aromatic nitrogens is 4. The molecule has 3 aromatic rings. The van der Waals surface area contributed by atoms with Crippen LogP contribution in [0.25, 0.3) is 11.0 Å². The maximum absolute atomic E-state index is 10.2. The Morgan fingerprint density at radius 1 is 1.24 bits per heavy atom. The summed E-state index contributed by atoms with van der Waals surface area (Å²) < 4.78 is 0. The van der Waals surface area contributed by atoms with E-state index < -0.39 is 6.10 Å². The van der Waals surface area contributed by atoms with Crippen LogP contribution in [0.15, 0.2) is 36.8 Å². The fourth-order valence-corrected chi connectivity index (χ4v) is 2.19. The number of aryl methyl sites for hydroxylation is 1. The van der Waals surface area contributed by atoms with Gasteiger partial charge in [-0.2, -0.15) is 5.10 Å². The van der Waals surface area contributed by atoms with Crippen LogP contribution in [0.3, 0.4) is 0 Å². The third kappa shape index (κ3) is 2.85. The number of benzene rings is 1. The molecule has 6 heteroatoms. The average Bonchev–Trinajstić information content (AvgIpc) is 3.02. The highest BCUT2D eigenvalue weighted by Gasteiger charge is 2.10. The molecule has 0 aliphatic carbocycles. The molecule has 3 rings (SSSR count). The third-order valence-corrected chi connectivity index (χ3v) is 3.48. The van der Waals surface area contributed by atoms with Crippen LogP contribution >= 0.6 is 0 Å². The number of aliphatic hydroxyl groups is 1. The van der Waals surface area contributed by atoms with Crippen LogP contribution in [0.5, 0.6) is 0 Å². The van der Waals surface area contributed by atoms with E-state index in [0.717, 1.165) is 17.4 Å². The number of aromatic amines is 1. The van der Waals surface area contributed by atoms with Gasteiger partial charge in [0.2, 0.25) is 0 Å². The first-order valence-electron chi connectivity index (χ1n) is 6.92. The van der Waals surface area contributed by atoms with Gasteiger partial charge >= 0.3 is 0 Å². The topological polar surface area (TPSA) is 86.7 Å². The first-order valence-corrected chi connectivity index (χ1v) is 6.92. The molecule has 6 nitrogen and oxygen atoms in total. The van der Waals surface area contributed by atoms with Gasteiger partial charge in [-0.05, 0) is 17.5 Å². The number of hydrogen-bond acceptors (Lipinski definition) is 5. The van der Waals surface area contributed by atoms with Crippen LogP contribution in [-0.2, 0) is 6.42 Å². The summed E-state index contributed by atoms with van der Waals surface area (Å²) >= 11 is 0. The molecule has 0 bridgehead atoms. The van der Waals surface area contributed by atoms with Gasteiger partial charge in [-0.3, -0.25) is 5.10 Å². The molecule has 2 heterocycles. The zero-order chi connectivity index (χ0) is 14.7. The van der Waals surface area contributed by atoms with E-state index in [2.05, 4.69) is 32.4 Å². The summed E-state index contributed by atoms with van der Waals surface area (Å²) in [5.74, 6) is 0.665. The quantitative estimate of drug-likeness (QED) is 0.667. The van der Waals surface area contributed by atoms with Gasteiger partial charge in [-0.1, -0.05) is 31.2 Å². The molecule has 0 radical (unpaired) electrons. The van der Waals surface area contributed by atoms with E-state index in [0.29, 0.717) is 18.0 Å². The third-order valence-electron chi connectivity index (χ3n) is 3.48. The van der Waals surface area contributed by atoms with E-state index >= 15 is 0 Å². The lowest BCUT2D eigenvalue weighted by Gasteiger charge is -2.13. The summed E-state index contributed by atoms with van der Waals surface area (Å²) in [5.41, 5.74) is 2.82. The largest absolute Gasteiger partial charge is 0.387 e. The van der Waals surface area contributed by atoms with Crippen molar-refractivity contribution in [1.82, 2.24) is 20.2 Å². The van der Waals surface area contributed by atoms with Crippen molar-refractivity contribution in [2.75, 3.05) is 11.9 Å². The lowest BCUT2D eigenvalue weighted by atomic mass is 10.1. The number of aliphatic hydroxyl groups excluding tert-OH is 1. The molecule has 0 amide bonds. The predicted octanol–water partition coefficient (Wildman–Crippen LogP) is 2.06. The number of anilines is 1. The molecular formula is C15H17N5O. The lowest BCUT2D eigenvalue weighted by molar-refractivity contribution is 0.191. The molecule has 0 saturated carbocycles. The molecule has 1 aromatic carbocycles. The molecule has 2 aromatic heterocycles. The first kappa shape index (κ1) is 13.5. The number of rotatable bonds is 5. The van der Waals surface area contributed by atoms with Crippen LogP contribution in [-0.4, -0.2) is 31.8 Å². The fraction of sp³-hybridized carbons (Fsp3) is 0.267. The zero-order valence-corrected chi connectivity index (χ0v) is 11.7. The van der Waals surface area contributed by atoms with Crippen molar-refractivity contribution in [3.8, 4) is 0 Å². The Morgan fingerprint density at radius 3 is 2.81 bits per heavy atom. The van der Waals surface area contributed by atoms with Crippen molar-refractivity contribution in [3.05, 3.63) is 47.9 Å². The summed E-state index contributed by atoms with van der Waals surface area (Å²) in [5, 5.41) is 20.9. The number of fused-ring (bicyclic) bond motifs is 1. The standard InChI is InChI=1S/C15H17N5O/c1-2-10-3-5-11(6-4-10)13(21)8-16-14-12-7-19-20-15(12)18-9-17-14/h3-7,9,13,21H,2,8H2,1H3,(H2,16,17,18,19,20). The van der Waals surface area contributed by atoms with Crippen molar-refractivity contribution < 1.29 is 5.11 Å². The summed E-state index contributed by atoms with van der Waals surface area (Å²) in [6.45, 7) is 2.49. The molecule has 108 valence electrons. The van der Waals surface area contributed by atoms with Crippen LogP contribution in [0.1, 0.15) is 24.2 Å². The molecular weight excluding hydrogens is 266 g/mol. The molecule has 21 heavy (non-hydrogen) atoms. The van der Waals surface area contributed by atoms with Crippen molar-refractivity contribution in [3.63, 3.8) is 0 Å². The SMILES string of the molecule is CCc1ccc(C(O)CNc2ncnc3[nH]ncc23)cc1. The van der Waals surface area contributed by atoms with Crippen molar-refractivity contribution in [2.24, 2.45) is 0 Å². The predicted molar refractivity (Wildman–Crippen MR) is 81.0 cm³/mol. The minimum atomic E-state index is -0.590. The van der Waals surface area contributed by atoms with E-state index in [1.165, 1.54) is 11.9 Å². The molecule has 1 unspecified atom stereocenters. The van der Waals surface area contributed by atoms with Gasteiger partial charge < -0.3 is 10.4 Å². The second-order valence-electron chi connectivity index (χ2n) is 4.85. The summed E-state index contributed by atoms with van der Waals surface area (Å²) in [7, 11) is 0. The van der Waals surface area contributed by atoms with Crippen LogP contribution in [0.2, 0.25) is 0 Å². The Hall–Kier alpha value is -2.47. The van der Waals surface area contributed by atoms with Gasteiger partial charge in [0.25, 0.3) is 0 Å². The van der Waals surface area contributed by atoms with Crippen LogP contribution in [0, 0.1) is 0 Å². The summed E-state index contributed by atoms with van der Waals surface area (Å²) in [4.78, 5) is 8.25. The maximum atomic E-state index is 10.2. The number of hydrogen-bond donors (Lipinski definition) is 3. The number of nitrogens with zero attached hydrogens (tertiary/aromatic N) is 3. The first-order chi connectivity index (χ1) is 10.3. The molecule has 0 fully saturated rings. The second kappa shape index (κ2) is 5.88. The fourth-order valence-electron chi connectivity index (χ4n) is 2.19. The zero-order valence-electron chi connectivity index (χ0n) is 11.7. The molecule has 0 aliphatic heterocycles. The Labute approximate surface area is 122 Å². The van der Waals surface area contributed by atoms with E-state index in [9.17, 15) is 5.11 Å². The van der Waals surface area contributed by atoms with Gasteiger partial charge in [0, 0.05) is 6.54 Å². The Kier molecular flexibility index (Phi) is 3.79. The summed E-state index contributed by atoms with van der Waals surface area (Å²) in [6.07, 6.45) is 3.53. The Morgan fingerprint density at radius 2 is 2.05 bits per heavy atom. The monoisotopic (exact) mass is 283 g/mol. The molecule has 3 N–H and O–H groups in total. The highest BCUT2D eigenvalue weighted by atomic mass is 16.3. The molecule has 0 saturated heterocycles. The van der Waals surface area contributed by atoms with E-state index in [-0.39, 0.29) is 0 Å². The van der Waals surface area contributed by atoms with Crippen molar-refractivity contribution in [2.45, 2.75) is 19.4 Å². The van der Waals surface area contributed by atoms with Gasteiger partial charge in [-0.15, -0.1) is 0 Å². The Balaban J connectivity index is 1.70. The second-order valence-corrected chi connectivity index (χ2v) is 4.85. The summed E-state index contributed by atoms with van der Waals surface area (Å²) in [6, 6.07) is 7.99. The molecule has 1 atom stereocenters. The van der Waals surface area contributed by atoms with Crippen molar-refractivity contribution in [1.29, 1.82) is 0 Å². The minimum absolute atomic E-state index is 0.378. The number of H-pyrrole nitrogens is 1. The van der Waals surface area contributed by atoms with Gasteiger partial charge in [0.05, 0.1) is 17.7 Å². The highest BCUT2D eigenvalue weighted by molar-refractivity contribution is 5.85. The maximum Gasteiger partial charge on any atom is 0.160 e.